The van der Waals surface area contributed by atoms with Crippen LogP contribution < -0.4 is 11.0 Å². The third-order valence-corrected chi connectivity index (χ3v) is 3.82. The fourth-order valence-corrected chi connectivity index (χ4v) is 2.88. The number of aromatic nitrogens is 2. The van der Waals surface area contributed by atoms with E-state index in [1.54, 1.807) is 13.0 Å². The molecule has 5 nitrogen and oxygen atoms in total. The van der Waals surface area contributed by atoms with Crippen molar-refractivity contribution in [2.24, 2.45) is 0 Å². The molecule has 1 aromatic heterocycles. The number of benzene rings is 1. The van der Waals surface area contributed by atoms with Crippen LogP contribution in [0.15, 0.2) is 35.1 Å². The van der Waals surface area contributed by atoms with Gasteiger partial charge in [0.15, 0.2) is 0 Å². The van der Waals surface area contributed by atoms with Crippen LogP contribution in [0.1, 0.15) is 35.6 Å². The molecular formula is C16H17N3O2. The van der Waals surface area contributed by atoms with Crippen LogP contribution in [0, 0.1) is 6.92 Å². The number of anilines is 1. The number of nitrogens with one attached hydrogen (secondary N) is 2. The first-order valence-corrected chi connectivity index (χ1v) is 7.10. The summed E-state index contributed by atoms with van der Waals surface area (Å²) in [7, 11) is 0. The Hall–Kier alpha value is -2.43. The van der Waals surface area contributed by atoms with E-state index >= 15 is 0 Å². The lowest BCUT2D eigenvalue weighted by Crippen LogP contribution is -2.26. The van der Waals surface area contributed by atoms with Gasteiger partial charge in [0.25, 0.3) is 0 Å². The van der Waals surface area contributed by atoms with Gasteiger partial charge in [0, 0.05) is 11.8 Å². The van der Waals surface area contributed by atoms with Gasteiger partial charge in [0.2, 0.25) is 5.91 Å². The van der Waals surface area contributed by atoms with Gasteiger partial charge < -0.3 is 10.3 Å². The largest absolute Gasteiger partial charge is 0.347 e. The Morgan fingerprint density at radius 1 is 1.38 bits per heavy atom. The maximum atomic E-state index is 12.5. The molecule has 1 aliphatic carbocycles. The van der Waals surface area contributed by atoms with Crippen LogP contribution in [0.5, 0.6) is 0 Å². The van der Waals surface area contributed by atoms with E-state index < -0.39 is 5.69 Å². The molecule has 0 bridgehead atoms. The zero-order chi connectivity index (χ0) is 14.8. The molecule has 108 valence electrons. The summed E-state index contributed by atoms with van der Waals surface area (Å²) < 4.78 is 0. The summed E-state index contributed by atoms with van der Waals surface area (Å²) in [5.41, 5.74) is 2.55. The van der Waals surface area contributed by atoms with E-state index in [1.165, 1.54) is 5.56 Å². The fraction of sp³-hybridized carbons (Fsp3) is 0.312. The average Bonchev–Trinajstić information content (AvgIpc) is 2.45. The first-order valence-electron chi connectivity index (χ1n) is 7.10. The molecule has 5 heteroatoms. The van der Waals surface area contributed by atoms with Gasteiger partial charge in [0.1, 0.15) is 5.82 Å². The highest BCUT2D eigenvalue weighted by molar-refractivity contribution is 5.95. The molecule has 2 N–H and O–H groups in total. The Balaban J connectivity index is 1.85. The minimum atomic E-state index is -0.450. The summed E-state index contributed by atoms with van der Waals surface area (Å²) in [6.07, 6.45) is 2.84. The number of aromatic amines is 1. The van der Waals surface area contributed by atoms with E-state index in [2.05, 4.69) is 21.4 Å². The number of rotatable bonds is 2. The number of carbonyl (C=O) groups excluding carboxylic acids is 1. The van der Waals surface area contributed by atoms with E-state index in [1.807, 2.05) is 18.2 Å². The third kappa shape index (κ3) is 2.86. The Labute approximate surface area is 122 Å². The maximum absolute atomic E-state index is 12.5. The molecule has 1 heterocycles. The molecule has 0 aliphatic heterocycles. The molecule has 0 saturated heterocycles. The van der Waals surface area contributed by atoms with Gasteiger partial charge in [-0.15, -0.1) is 0 Å². The Morgan fingerprint density at radius 2 is 2.19 bits per heavy atom. The highest BCUT2D eigenvalue weighted by Gasteiger charge is 2.26. The van der Waals surface area contributed by atoms with Crippen LogP contribution >= 0.6 is 0 Å². The van der Waals surface area contributed by atoms with E-state index in [-0.39, 0.29) is 11.8 Å². The lowest BCUT2D eigenvalue weighted by Gasteiger charge is -2.24. The van der Waals surface area contributed by atoms with Gasteiger partial charge >= 0.3 is 5.69 Å². The van der Waals surface area contributed by atoms with E-state index in [0.29, 0.717) is 11.5 Å². The molecule has 1 amide bonds. The van der Waals surface area contributed by atoms with Crippen molar-refractivity contribution in [3.8, 4) is 0 Å². The topological polar surface area (TPSA) is 74.8 Å². The van der Waals surface area contributed by atoms with Gasteiger partial charge in [-0.2, -0.15) is 4.98 Å². The summed E-state index contributed by atoms with van der Waals surface area (Å²) in [4.78, 5) is 30.2. The number of hydrogen-bond donors (Lipinski definition) is 2. The summed E-state index contributed by atoms with van der Waals surface area (Å²) in [5.74, 6) is 0.0419. The molecule has 1 aromatic carbocycles. The first-order chi connectivity index (χ1) is 10.1. The number of nitrogens with zero attached hydrogens (tertiary/aromatic N) is 1. The van der Waals surface area contributed by atoms with Crippen molar-refractivity contribution in [3.05, 3.63) is 57.6 Å². The molecule has 0 unspecified atom stereocenters. The minimum absolute atomic E-state index is 0.0975. The highest BCUT2D eigenvalue weighted by Crippen LogP contribution is 2.32. The Bertz CT molecular complexity index is 736. The Kier molecular flexibility index (Phi) is 3.56. The second-order valence-corrected chi connectivity index (χ2v) is 5.39. The number of amides is 1. The van der Waals surface area contributed by atoms with Gasteiger partial charge in [-0.25, -0.2) is 4.79 Å². The van der Waals surface area contributed by atoms with Gasteiger partial charge in [0.05, 0.1) is 5.92 Å². The fourth-order valence-electron chi connectivity index (χ4n) is 2.88. The van der Waals surface area contributed by atoms with Crippen LogP contribution in [0.25, 0.3) is 0 Å². The molecule has 0 fully saturated rings. The second kappa shape index (κ2) is 5.52. The zero-order valence-corrected chi connectivity index (χ0v) is 11.8. The van der Waals surface area contributed by atoms with Gasteiger partial charge in [-0.3, -0.25) is 4.79 Å². The lowest BCUT2D eigenvalue weighted by atomic mass is 9.82. The Morgan fingerprint density at radius 3 is 3.00 bits per heavy atom. The SMILES string of the molecule is Cc1cc(NC(=O)[C@@H]2CCCc3ccccc32)nc(=O)[nH]1. The van der Waals surface area contributed by atoms with Gasteiger partial charge in [-0.05, 0) is 37.3 Å². The third-order valence-electron chi connectivity index (χ3n) is 3.82. The number of fused-ring (bicyclic) bond motifs is 1. The summed E-state index contributed by atoms with van der Waals surface area (Å²) in [5, 5.41) is 2.76. The predicted octanol–water partition coefficient (Wildman–Crippen LogP) is 2.14. The van der Waals surface area contributed by atoms with Gasteiger partial charge in [-0.1, -0.05) is 24.3 Å². The molecule has 0 saturated carbocycles. The number of carbonyl (C=O) groups is 1. The van der Waals surface area contributed by atoms with Crippen molar-refractivity contribution in [2.45, 2.75) is 32.1 Å². The number of aryl methyl sites for hydroxylation is 2. The van der Waals surface area contributed by atoms with Crippen LogP contribution in [-0.4, -0.2) is 15.9 Å². The number of H-pyrrole nitrogens is 1. The summed E-state index contributed by atoms with van der Waals surface area (Å²) in [6.45, 7) is 1.76. The summed E-state index contributed by atoms with van der Waals surface area (Å²) in [6, 6.07) is 9.70. The standard InChI is InChI=1S/C16H17N3O2/c1-10-9-14(19-16(21)17-10)18-15(20)13-8-4-6-11-5-2-3-7-12(11)13/h2-3,5,7,9,13H,4,6,8H2,1H3,(H2,17,18,19,20,21)/t13-/m1/s1. The van der Waals surface area contributed by atoms with Crippen molar-refractivity contribution < 1.29 is 4.79 Å². The molecular weight excluding hydrogens is 266 g/mol. The van der Waals surface area contributed by atoms with E-state index in [9.17, 15) is 9.59 Å². The molecule has 1 aliphatic rings. The monoisotopic (exact) mass is 283 g/mol. The van der Waals surface area contributed by atoms with Crippen molar-refractivity contribution in [1.29, 1.82) is 0 Å². The van der Waals surface area contributed by atoms with Crippen molar-refractivity contribution in [1.82, 2.24) is 9.97 Å². The normalized spacial score (nSPS) is 17.1. The van der Waals surface area contributed by atoms with Crippen LogP contribution in [-0.2, 0) is 11.2 Å². The quantitative estimate of drug-likeness (QED) is 0.886. The molecule has 3 rings (SSSR count). The predicted molar refractivity (Wildman–Crippen MR) is 80.3 cm³/mol. The first kappa shape index (κ1) is 13.5. The lowest BCUT2D eigenvalue weighted by molar-refractivity contribution is -0.117. The van der Waals surface area contributed by atoms with Crippen molar-refractivity contribution in [2.75, 3.05) is 5.32 Å². The highest BCUT2D eigenvalue weighted by atomic mass is 16.2. The minimum Gasteiger partial charge on any atom is -0.310 e. The summed E-state index contributed by atoms with van der Waals surface area (Å²) >= 11 is 0. The average molecular weight is 283 g/mol. The van der Waals surface area contributed by atoms with Crippen LogP contribution in [0.3, 0.4) is 0 Å². The molecule has 1 atom stereocenters. The van der Waals surface area contributed by atoms with E-state index in [0.717, 1.165) is 24.8 Å². The molecule has 2 aromatic rings. The molecule has 0 spiro atoms. The molecule has 21 heavy (non-hydrogen) atoms. The molecule has 0 radical (unpaired) electrons. The van der Waals surface area contributed by atoms with Crippen molar-refractivity contribution in [3.63, 3.8) is 0 Å². The van der Waals surface area contributed by atoms with Crippen molar-refractivity contribution >= 4 is 11.7 Å². The second-order valence-electron chi connectivity index (χ2n) is 5.39. The zero-order valence-electron chi connectivity index (χ0n) is 11.8. The van der Waals surface area contributed by atoms with Crippen LogP contribution in [0.4, 0.5) is 5.82 Å². The van der Waals surface area contributed by atoms with E-state index in [4.69, 9.17) is 0 Å². The smallest absolute Gasteiger partial charge is 0.310 e. The number of hydrogen-bond acceptors (Lipinski definition) is 3. The maximum Gasteiger partial charge on any atom is 0.347 e. The van der Waals surface area contributed by atoms with Crippen LogP contribution in [0.2, 0.25) is 0 Å².